The number of hydrogen-bond acceptors (Lipinski definition) is 3. The highest BCUT2D eigenvalue weighted by atomic mass is 35.5. The normalized spacial score (nSPS) is 10.7. The molecule has 0 saturated carbocycles. The first-order valence-corrected chi connectivity index (χ1v) is 6.63. The van der Waals surface area contributed by atoms with Gasteiger partial charge in [0.05, 0.1) is 6.20 Å². The Balaban J connectivity index is 2.22. The van der Waals surface area contributed by atoms with Gasteiger partial charge in [0.2, 0.25) is 0 Å². The van der Waals surface area contributed by atoms with Gasteiger partial charge in [-0.25, -0.2) is 0 Å². The number of hydrogen-bond donors (Lipinski definition) is 1. The maximum absolute atomic E-state index is 6.24. The molecule has 0 unspecified atom stereocenters. The summed E-state index contributed by atoms with van der Waals surface area (Å²) < 4.78 is 5.84. The Morgan fingerprint density at radius 1 is 1.26 bits per heavy atom. The molecule has 3 nitrogen and oxygen atoms in total. The number of nitrogens with zero attached hydrogens (tertiary/aromatic N) is 1. The van der Waals surface area contributed by atoms with Crippen LogP contribution in [0.25, 0.3) is 0 Å². The molecule has 0 amide bonds. The molecule has 2 aromatic rings. The van der Waals surface area contributed by atoms with Crippen molar-refractivity contribution in [3.63, 3.8) is 0 Å². The van der Waals surface area contributed by atoms with E-state index in [1.54, 1.807) is 12.4 Å². The van der Waals surface area contributed by atoms with Crippen molar-refractivity contribution in [3.8, 4) is 11.5 Å². The third-order valence-corrected chi connectivity index (χ3v) is 2.98. The van der Waals surface area contributed by atoms with Gasteiger partial charge in [-0.1, -0.05) is 31.5 Å². The summed E-state index contributed by atoms with van der Waals surface area (Å²) in [5.74, 6) is 1.46. The molecule has 0 saturated heterocycles. The molecule has 0 radical (unpaired) electrons. The van der Waals surface area contributed by atoms with Gasteiger partial charge in [-0.05, 0) is 24.3 Å². The maximum Gasteiger partial charge on any atom is 0.145 e. The van der Waals surface area contributed by atoms with Crippen LogP contribution in [0.2, 0.25) is 5.02 Å². The molecule has 0 spiro atoms. The fraction of sp³-hybridized carbons (Fsp3) is 0.267. The molecule has 1 N–H and O–H groups in total. The minimum Gasteiger partial charge on any atom is -0.455 e. The lowest BCUT2D eigenvalue weighted by molar-refractivity contribution is 0.467. The minimum absolute atomic E-state index is 0.391. The summed E-state index contributed by atoms with van der Waals surface area (Å²) in [7, 11) is 0. The van der Waals surface area contributed by atoms with E-state index in [0.29, 0.717) is 23.4 Å². The van der Waals surface area contributed by atoms with Crippen LogP contribution in [0.3, 0.4) is 0 Å². The van der Waals surface area contributed by atoms with Crippen LogP contribution in [0.5, 0.6) is 11.5 Å². The topological polar surface area (TPSA) is 34.1 Å². The average molecular weight is 277 g/mol. The van der Waals surface area contributed by atoms with Gasteiger partial charge in [0.25, 0.3) is 0 Å². The summed E-state index contributed by atoms with van der Waals surface area (Å²) in [4.78, 5) is 4.03. The predicted molar refractivity (Wildman–Crippen MR) is 77.7 cm³/mol. The first-order chi connectivity index (χ1) is 9.16. The van der Waals surface area contributed by atoms with Crippen molar-refractivity contribution in [2.24, 2.45) is 0 Å². The number of benzene rings is 1. The third kappa shape index (κ3) is 3.94. The SMILES string of the molecule is CC(C)NCc1c(Cl)cccc1Oc1cccnc1. The first kappa shape index (κ1) is 13.8. The second-order valence-electron chi connectivity index (χ2n) is 4.54. The second-order valence-corrected chi connectivity index (χ2v) is 4.95. The first-order valence-electron chi connectivity index (χ1n) is 6.25. The van der Waals surface area contributed by atoms with E-state index in [4.69, 9.17) is 16.3 Å². The molecular weight excluding hydrogens is 260 g/mol. The van der Waals surface area contributed by atoms with Crippen molar-refractivity contribution in [3.05, 3.63) is 53.3 Å². The van der Waals surface area contributed by atoms with E-state index in [9.17, 15) is 0 Å². The Kier molecular flexibility index (Phi) is 4.77. The van der Waals surface area contributed by atoms with Crippen LogP contribution in [0.4, 0.5) is 0 Å². The number of nitrogens with one attached hydrogen (secondary N) is 1. The Hall–Kier alpha value is -1.58. The van der Waals surface area contributed by atoms with E-state index in [2.05, 4.69) is 24.1 Å². The van der Waals surface area contributed by atoms with Crippen molar-refractivity contribution >= 4 is 11.6 Å². The minimum atomic E-state index is 0.391. The number of aromatic nitrogens is 1. The molecule has 0 aliphatic rings. The highest BCUT2D eigenvalue weighted by Gasteiger charge is 2.09. The zero-order valence-corrected chi connectivity index (χ0v) is 11.8. The second kappa shape index (κ2) is 6.55. The van der Waals surface area contributed by atoms with Crippen LogP contribution in [0.15, 0.2) is 42.7 Å². The standard InChI is InChI=1S/C15H17ClN2O/c1-11(2)18-10-13-14(16)6-3-7-15(13)19-12-5-4-8-17-9-12/h3-9,11,18H,10H2,1-2H3. The van der Waals surface area contributed by atoms with Crippen molar-refractivity contribution in [1.82, 2.24) is 10.3 Å². The van der Waals surface area contributed by atoms with E-state index in [-0.39, 0.29) is 0 Å². The third-order valence-electron chi connectivity index (χ3n) is 2.63. The molecule has 0 fully saturated rings. The summed E-state index contributed by atoms with van der Waals surface area (Å²) in [5.41, 5.74) is 0.960. The molecule has 1 heterocycles. The molecule has 2 rings (SSSR count). The highest BCUT2D eigenvalue weighted by Crippen LogP contribution is 2.30. The fourth-order valence-electron chi connectivity index (χ4n) is 1.65. The Morgan fingerprint density at radius 3 is 2.79 bits per heavy atom. The Labute approximate surface area is 118 Å². The van der Waals surface area contributed by atoms with E-state index in [1.807, 2.05) is 30.3 Å². The van der Waals surface area contributed by atoms with Crippen molar-refractivity contribution < 1.29 is 4.74 Å². The van der Waals surface area contributed by atoms with Crippen LogP contribution in [0, 0.1) is 0 Å². The molecule has 0 atom stereocenters. The molecule has 1 aromatic heterocycles. The van der Waals surface area contributed by atoms with Gasteiger partial charge in [0.1, 0.15) is 11.5 Å². The Morgan fingerprint density at radius 2 is 2.11 bits per heavy atom. The number of pyridine rings is 1. The summed E-state index contributed by atoms with van der Waals surface area (Å²) in [6.07, 6.45) is 3.40. The van der Waals surface area contributed by atoms with Gasteiger partial charge in [0.15, 0.2) is 0 Å². The lowest BCUT2D eigenvalue weighted by Crippen LogP contribution is -2.22. The summed E-state index contributed by atoms with van der Waals surface area (Å²) in [5, 5.41) is 4.05. The van der Waals surface area contributed by atoms with Crippen molar-refractivity contribution in [1.29, 1.82) is 0 Å². The summed E-state index contributed by atoms with van der Waals surface area (Å²) in [6, 6.07) is 9.76. The smallest absolute Gasteiger partial charge is 0.145 e. The van der Waals surface area contributed by atoms with E-state index in [0.717, 1.165) is 11.3 Å². The number of rotatable bonds is 5. The monoisotopic (exact) mass is 276 g/mol. The molecule has 0 bridgehead atoms. The van der Waals surface area contributed by atoms with Gasteiger partial charge in [0, 0.05) is 29.4 Å². The average Bonchev–Trinajstić information content (AvgIpc) is 2.39. The van der Waals surface area contributed by atoms with Crippen LogP contribution in [0.1, 0.15) is 19.4 Å². The maximum atomic E-state index is 6.24. The number of ether oxygens (including phenoxy) is 1. The van der Waals surface area contributed by atoms with Crippen LogP contribution in [-0.2, 0) is 6.54 Å². The fourth-order valence-corrected chi connectivity index (χ4v) is 1.88. The van der Waals surface area contributed by atoms with Gasteiger partial charge in [-0.15, -0.1) is 0 Å². The molecule has 19 heavy (non-hydrogen) atoms. The van der Waals surface area contributed by atoms with Crippen molar-refractivity contribution in [2.45, 2.75) is 26.4 Å². The summed E-state index contributed by atoms with van der Waals surface area (Å²) >= 11 is 6.24. The molecule has 4 heteroatoms. The van der Waals surface area contributed by atoms with Crippen LogP contribution >= 0.6 is 11.6 Å². The quantitative estimate of drug-likeness (QED) is 0.895. The summed E-state index contributed by atoms with van der Waals surface area (Å²) in [6.45, 7) is 4.86. The highest BCUT2D eigenvalue weighted by molar-refractivity contribution is 6.31. The van der Waals surface area contributed by atoms with Crippen LogP contribution < -0.4 is 10.1 Å². The van der Waals surface area contributed by atoms with E-state index in [1.165, 1.54) is 0 Å². The van der Waals surface area contributed by atoms with Crippen molar-refractivity contribution in [2.75, 3.05) is 0 Å². The van der Waals surface area contributed by atoms with Gasteiger partial charge in [-0.2, -0.15) is 0 Å². The lowest BCUT2D eigenvalue weighted by Gasteiger charge is -2.14. The lowest BCUT2D eigenvalue weighted by atomic mass is 10.2. The van der Waals surface area contributed by atoms with E-state index >= 15 is 0 Å². The Bertz CT molecular complexity index is 529. The molecule has 0 aliphatic carbocycles. The van der Waals surface area contributed by atoms with Gasteiger partial charge < -0.3 is 10.1 Å². The van der Waals surface area contributed by atoms with Gasteiger partial charge >= 0.3 is 0 Å². The number of halogens is 1. The molecule has 0 aliphatic heterocycles. The van der Waals surface area contributed by atoms with Gasteiger partial charge in [-0.3, -0.25) is 4.98 Å². The molecule has 1 aromatic carbocycles. The van der Waals surface area contributed by atoms with Crippen LogP contribution in [-0.4, -0.2) is 11.0 Å². The molecular formula is C15H17ClN2O. The largest absolute Gasteiger partial charge is 0.455 e. The zero-order chi connectivity index (χ0) is 13.7. The van der Waals surface area contributed by atoms with E-state index < -0.39 is 0 Å². The predicted octanol–water partition coefficient (Wildman–Crippen LogP) is 4.03. The molecule has 100 valence electrons. The zero-order valence-electron chi connectivity index (χ0n) is 11.1.